The third-order valence-corrected chi connectivity index (χ3v) is 4.58. The van der Waals surface area contributed by atoms with Crippen LogP contribution in [0.5, 0.6) is 5.75 Å². The third kappa shape index (κ3) is 4.89. The first kappa shape index (κ1) is 19.9. The molecule has 1 amide bonds. The van der Waals surface area contributed by atoms with Crippen molar-refractivity contribution in [3.05, 3.63) is 82.4 Å². The molecule has 0 spiro atoms. The molecule has 0 radical (unpaired) electrons. The summed E-state index contributed by atoms with van der Waals surface area (Å²) in [5, 5.41) is 4.92. The first-order valence-corrected chi connectivity index (χ1v) is 9.28. The third-order valence-electron chi connectivity index (χ3n) is 4.26. The second-order valence-electron chi connectivity index (χ2n) is 6.38. The smallest absolute Gasteiger partial charge is 0.253 e. The molecule has 7 heteroatoms. The van der Waals surface area contributed by atoms with Gasteiger partial charge < -0.3 is 9.64 Å². The molecule has 0 bridgehead atoms. The zero-order valence-electron chi connectivity index (χ0n) is 15.7. The number of carbonyl (C=O) groups excluding carboxylic acids is 1. The van der Waals surface area contributed by atoms with Gasteiger partial charge in [-0.2, -0.15) is 5.10 Å². The van der Waals surface area contributed by atoms with E-state index in [4.69, 9.17) is 16.3 Å². The van der Waals surface area contributed by atoms with Crippen LogP contribution in [0.2, 0.25) is 5.02 Å². The van der Waals surface area contributed by atoms with Crippen LogP contribution in [0.4, 0.5) is 4.39 Å². The zero-order chi connectivity index (χ0) is 20.1. The summed E-state index contributed by atoms with van der Waals surface area (Å²) in [6.45, 7) is 3.36. The van der Waals surface area contributed by atoms with Gasteiger partial charge in [0.2, 0.25) is 0 Å². The Morgan fingerprint density at radius 2 is 1.86 bits per heavy atom. The molecule has 0 unspecified atom stereocenters. The molecule has 0 N–H and O–H groups in total. The molecule has 0 fully saturated rings. The summed E-state index contributed by atoms with van der Waals surface area (Å²) in [5.74, 6) is 0.167. The predicted molar refractivity (Wildman–Crippen MR) is 106 cm³/mol. The Morgan fingerprint density at radius 3 is 2.46 bits per heavy atom. The average molecular weight is 402 g/mol. The monoisotopic (exact) mass is 401 g/mol. The summed E-state index contributed by atoms with van der Waals surface area (Å²) in [6, 6.07) is 13.0. The van der Waals surface area contributed by atoms with Crippen LogP contribution in [0.15, 0.2) is 54.7 Å². The van der Waals surface area contributed by atoms with Crippen molar-refractivity contribution in [3.63, 3.8) is 0 Å². The van der Waals surface area contributed by atoms with E-state index in [-0.39, 0.29) is 11.7 Å². The maximum Gasteiger partial charge on any atom is 0.253 e. The quantitative estimate of drug-likeness (QED) is 0.583. The fraction of sp³-hybridized carbons (Fsp3) is 0.238. The van der Waals surface area contributed by atoms with Crippen molar-refractivity contribution >= 4 is 17.5 Å². The Labute approximate surface area is 168 Å². The van der Waals surface area contributed by atoms with Crippen LogP contribution in [0.25, 0.3) is 0 Å². The van der Waals surface area contributed by atoms with E-state index in [9.17, 15) is 9.18 Å². The number of benzene rings is 2. The minimum atomic E-state index is -0.304. The molecule has 0 saturated carbocycles. The number of hydrogen-bond acceptors (Lipinski definition) is 3. The van der Waals surface area contributed by atoms with Crippen LogP contribution in [0.1, 0.15) is 28.5 Å². The number of carbonyl (C=O) groups is 1. The summed E-state index contributed by atoms with van der Waals surface area (Å²) in [4.78, 5) is 14.2. The van der Waals surface area contributed by atoms with Gasteiger partial charge in [0.1, 0.15) is 23.9 Å². The highest BCUT2D eigenvalue weighted by molar-refractivity contribution is 6.31. The van der Waals surface area contributed by atoms with Crippen LogP contribution in [0.3, 0.4) is 0 Å². The molecule has 146 valence electrons. The van der Waals surface area contributed by atoms with Gasteiger partial charge in [0, 0.05) is 25.4 Å². The normalized spacial score (nSPS) is 10.7. The second-order valence-corrected chi connectivity index (χ2v) is 6.79. The minimum Gasteiger partial charge on any atom is -0.489 e. The Kier molecular flexibility index (Phi) is 6.31. The Hall–Kier alpha value is -2.86. The molecule has 0 atom stereocenters. The van der Waals surface area contributed by atoms with E-state index < -0.39 is 0 Å². The van der Waals surface area contributed by atoms with E-state index in [1.165, 1.54) is 12.1 Å². The van der Waals surface area contributed by atoms with Gasteiger partial charge >= 0.3 is 0 Å². The fourth-order valence-electron chi connectivity index (χ4n) is 2.66. The largest absolute Gasteiger partial charge is 0.489 e. The van der Waals surface area contributed by atoms with Gasteiger partial charge in [-0.3, -0.25) is 9.48 Å². The highest BCUT2D eigenvalue weighted by Gasteiger charge is 2.15. The van der Waals surface area contributed by atoms with Crippen molar-refractivity contribution in [1.82, 2.24) is 14.7 Å². The molecular formula is C21H21ClFN3O2. The molecule has 1 heterocycles. The van der Waals surface area contributed by atoms with Crippen molar-refractivity contribution in [3.8, 4) is 5.75 Å². The van der Waals surface area contributed by atoms with E-state index in [0.29, 0.717) is 35.2 Å². The van der Waals surface area contributed by atoms with Gasteiger partial charge in [-0.25, -0.2) is 4.39 Å². The number of nitrogens with zero attached hydrogens (tertiary/aromatic N) is 3. The first-order valence-electron chi connectivity index (χ1n) is 8.91. The molecule has 28 heavy (non-hydrogen) atoms. The summed E-state index contributed by atoms with van der Waals surface area (Å²) < 4.78 is 20.3. The van der Waals surface area contributed by atoms with Crippen molar-refractivity contribution in [2.75, 3.05) is 7.05 Å². The van der Waals surface area contributed by atoms with Crippen molar-refractivity contribution in [2.24, 2.45) is 0 Å². The lowest BCUT2D eigenvalue weighted by Crippen LogP contribution is -2.26. The van der Waals surface area contributed by atoms with E-state index in [2.05, 4.69) is 5.10 Å². The highest BCUT2D eigenvalue weighted by atomic mass is 35.5. The molecule has 0 aliphatic heterocycles. The molecular weight excluding hydrogens is 381 g/mol. The summed E-state index contributed by atoms with van der Waals surface area (Å²) >= 11 is 6.18. The molecule has 1 aromatic heterocycles. The Morgan fingerprint density at radius 1 is 1.18 bits per heavy atom. The first-order chi connectivity index (χ1) is 13.5. The highest BCUT2D eigenvalue weighted by Crippen LogP contribution is 2.18. The maximum atomic E-state index is 12.9. The number of aryl methyl sites for hydroxylation is 1. The topological polar surface area (TPSA) is 47.4 Å². The number of ether oxygens (including phenoxy) is 1. The summed E-state index contributed by atoms with van der Waals surface area (Å²) in [7, 11) is 1.72. The number of rotatable bonds is 7. The van der Waals surface area contributed by atoms with Gasteiger partial charge in [-0.1, -0.05) is 23.7 Å². The number of hydrogen-bond donors (Lipinski definition) is 0. The number of halogens is 2. The molecule has 3 rings (SSSR count). The van der Waals surface area contributed by atoms with Crippen LogP contribution in [0, 0.1) is 5.82 Å². The molecule has 5 nitrogen and oxygen atoms in total. The predicted octanol–water partition coefficient (Wildman–Crippen LogP) is 4.55. The molecule has 2 aromatic carbocycles. The van der Waals surface area contributed by atoms with Crippen molar-refractivity contribution in [2.45, 2.75) is 26.6 Å². The van der Waals surface area contributed by atoms with E-state index in [1.807, 2.05) is 19.1 Å². The molecule has 3 aromatic rings. The second kappa shape index (κ2) is 8.89. The Balaban J connectivity index is 1.59. The lowest BCUT2D eigenvalue weighted by atomic mass is 10.1. The Bertz CT molecular complexity index is 939. The van der Waals surface area contributed by atoms with Gasteiger partial charge in [0.15, 0.2) is 0 Å². The SMILES string of the molecule is CCn1cc(Cl)c(CN(C)C(=O)c2ccc(COc3ccc(F)cc3)cc2)n1. The zero-order valence-corrected chi connectivity index (χ0v) is 16.5. The van der Waals surface area contributed by atoms with E-state index in [0.717, 1.165) is 12.1 Å². The molecule has 0 aliphatic carbocycles. The van der Waals surface area contributed by atoms with Crippen molar-refractivity contribution in [1.29, 1.82) is 0 Å². The number of amides is 1. The standard InChI is InChI=1S/C21H21ClFN3O2/c1-3-26-12-19(22)20(24-26)13-25(2)21(27)16-6-4-15(5-7-16)14-28-18-10-8-17(23)9-11-18/h4-12H,3,13-14H2,1-2H3. The van der Waals surface area contributed by atoms with Crippen LogP contribution >= 0.6 is 11.6 Å². The lowest BCUT2D eigenvalue weighted by molar-refractivity contribution is 0.0783. The van der Waals surface area contributed by atoms with Crippen LogP contribution in [-0.4, -0.2) is 27.6 Å². The summed E-state index contributed by atoms with van der Waals surface area (Å²) in [5.41, 5.74) is 2.15. The van der Waals surface area contributed by atoms with Gasteiger partial charge in [0.05, 0.1) is 11.6 Å². The number of aromatic nitrogens is 2. The van der Waals surface area contributed by atoms with Gasteiger partial charge in [-0.15, -0.1) is 0 Å². The lowest BCUT2D eigenvalue weighted by Gasteiger charge is -2.16. The maximum absolute atomic E-state index is 12.9. The fourth-order valence-corrected chi connectivity index (χ4v) is 2.87. The van der Waals surface area contributed by atoms with Gasteiger partial charge in [0.25, 0.3) is 5.91 Å². The molecule has 0 aliphatic rings. The summed E-state index contributed by atoms with van der Waals surface area (Å²) in [6.07, 6.45) is 1.76. The van der Waals surface area contributed by atoms with Crippen LogP contribution < -0.4 is 4.74 Å². The van der Waals surface area contributed by atoms with Crippen LogP contribution in [-0.2, 0) is 19.7 Å². The molecule has 0 saturated heterocycles. The van der Waals surface area contributed by atoms with E-state index in [1.54, 1.807) is 47.1 Å². The minimum absolute atomic E-state index is 0.117. The van der Waals surface area contributed by atoms with Gasteiger partial charge in [-0.05, 0) is 48.9 Å². The van der Waals surface area contributed by atoms with E-state index >= 15 is 0 Å². The average Bonchev–Trinajstić information content (AvgIpc) is 3.07. The van der Waals surface area contributed by atoms with Crippen molar-refractivity contribution < 1.29 is 13.9 Å².